The van der Waals surface area contributed by atoms with Crippen LogP contribution in [0.15, 0.2) is 72.8 Å². The van der Waals surface area contributed by atoms with Crippen LogP contribution >= 0.6 is 0 Å². The van der Waals surface area contributed by atoms with Crippen LogP contribution in [0.4, 0.5) is 0 Å². The van der Waals surface area contributed by atoms with Crippen molar-refractivity contribution in [2.45, 2.75) is 59.1 Å². The molecule has 0 saturated carbocycles. The van der Waals surface area contributed by atoms with Crippen molar-refractivity contribution >= 4 is 17.0 Å². The molecule has 1 heterocycles. The summed E-state index contributed by atoms with van der Waals surface area (Å²) >= 11 is 0. The molecular weight excluding hydrogens is 464 g/mol. The van der Waals surface area contributed by atoms with Crippen LogP contribution in [-0.4, -0.2) is 34.3 Å². The van der Waals surface area contributed by atoms with Crippen LogP contribution in [0.5, 0.6) is 11.5 Å². The average Bonchev–Trinajstić information content (AvgIpc) is 3.24. The molecule has 0 aliphatic carbocycles. The van der Waals surface area contributed by atoms with Crippen LogP contribution in [-0.2, 0) is 28.9 Å². The second-order valence-electron chi connectivity index (χ2n) is 9.41. The van der Waals surface area contributed by atoms with E-state index in [-0.39, 0.29) is 5.97 Å². The molecule has 6 nitrogen and oxygen atoms in total. The van der Waals surface area contributed by atoms with Gasteiger partial charge in [0.25, 0.3) is 0 Å². The van der Waals surface area contributed by atoms with Gasteiger partial charge in [0.15, 0.2) is 0 Å². The standard InChI is InChI=1S/C31H36N2O4/c1-5-11-28-32-29-23(3)12-10-15-27(29)33(28)20-21-36-25-18-16-24(17-19-25)22-31(4,30(34)35-6-2)37-26-13-8-7-9-14-26/h7-10,12-19H,5-6,11,20-22H2,1-4H3. The summed E-state index contributed by atoms with van der Waals surface area (Å²) in [5.41, 5.74) is 3.23. The first kappa shape index (κ1) is 26.3. The van der Waals surface area contributed by atoms with Crippen molar-refractivity contribution in [2.24, 2.45) is 0 Å². The van der Waals surface area contributed by atoms with Crippen molar-refractivity contribution < 1.29 is 19.0 Å². The van der Waals surface area contributed by atoms with Crippen LogP contribution in [0.2, 0.25) is 0 Å². The number of esters is 1. The smallest absolute Gasteiger partial charge is 0.350 e. The number of carbonyl (C=O) groups excluding carboxylic acids is 1. The summed E-state index contributed by atoms with van der Waals surface area (Å²) in [6.45, 7) is 9.40. The third-order valence-electron chi connectivity index (χ3n) is 6.38. The predicted octanol–water partition coefficient (Wildman–Crippen LogP) is 6.32. The van der Waals surface area contributed by atoms with Gasteiger partial charge in [0.05, 0.1) is 24.2 Å². The number of hydrogen-bond donors (Lipinski definition) is 0. The molecule has 1 unspecified atom stereocenters. The van der Waals surface area contributed by atoms with Crippen LogP contribution in [0, 0.1) is 6.92 Å². The second-order valence-corrected chi connectivity index (χ2v) is 9.41. The van der Waals surface area contributed by atoms with E-state index in [1.807, 2.05) is 54.6 Å². The Bertz CT molecular complexity index is 1310. The molecule has 0 aliphatic heterocycles. The molecule has 0 aliphatic rings. The van der Waals surface area contributed by atoms with E-state index in [0.717, 1.165) is 47.6 Å². The Morgan fingerprint density at radius 1 is 0.946 bits per heavy atom. The SMILES string of the molecule is CCCc1nc2c(C)cccc2n1CCOc1ccc(CC(C)(Oc2ccccc2)C(=O)OCC)cc1. The number of carbonyl (C=O) groups is 1. The molecule has 1 atom stereocenters. The van der Waals surface area contributed by atoms with Gasteiger partial charge in [0.2, 0.25) is 5.60 Å². The van der Waals surface area contributed by atoms with Crippen molar-refractivity contribution in [3.05, 3.63) is 89.7 Å². The number of benzene rings is 3. The fraction of sp³-hybridized carbons (Fsp3) is 0.355. The van der Waals surface area contributed by atoms with E-state index in [2.05, 4.69) is 36.6 Å². The number of para-hydroxylation sites is 2. The molecule has 194 valence electrons. The van der Waals surface area contributed by atoms with E-state index in [4.69, 9.17) is 19.2 Å². The molecule has 6 heteroatoms. The molecule has 3 aromatic carbocycles. The zero-order chi connectivity index (χ0) is 26.3. The Morgan fingerprint density at radius 2 is 1.70 bits per heavy atom. The lowest BCUT2D eigenvalue weighted by molar-refractivity contribution is -0.160. The molecule has 0 saturated heterocycles. The Kier molecular flexibility index (Phi) is 8.49. The molecule has 0 bridgehead atoms. The van der Waals surface area contributed by atoms with Crippen molar-refractivity contribution in [2.75, 3.05) is 13.2 Å². The predicted molar refractivity (Wildman–Crippen MR) is 146 cm³/mol. The lowest BCUT2D eigenvalue weighted by Crippen LogP contribution is -2.45. The minimum atomic E-state index is -1.14. The molecule has 0 amide bonds. The van der Waals surface area contributed by atoms with Crippen molar-refractivity contribution in [1.29, 1.82) is 0 Å². The molecule has 37 heavy (non-hydrogen) atoms. The number of hydrogen-bond acceptors (Lipinski definition) is 5. The monoisotopic (exact) mass is 500 g/mol. The third-order valence-corrected chi connectivity index (χ3v) is 6.38. The quantitative estimate of drug-likeness (QED) is 0.213. The molecule has 4 rings (SSSR count). The highest BCUT2D eigenvalue weighted by Gasteiger charge is 2.37. The van der Waals surface area contributed by atoms with Gasteiger partial charge in [-0.1, -0.05) is 49.4 Å². The highest BCUT2D eigenvalue weighted by molar-refractivity contribution is 5.80. The number of rotatable bonds is 12. The van der Waals surface area contributed by atoms with Gasteiger partial charge in [-0.2, -0.15) is 0 Å². The zero-order valence-electron chi connectivity index (χ0n) is 22.2. The minimum absolute atomic E-state index is 0.297. The number of aromatic nitrogens is 2. The number of aryl methyl sites for hydroxylation is 2. The first-order valence-corrected chi connectivity index (χ1v) is 13.0. The first-order valence-electron chi connectivity index (χ1n) is 13.0. The van der Waals surface area contributed by atoms with Gasteiger partial charge >= 0.3 is 5.97 Å². The molecule has 0 fully saturated rings. The van der Waals surface area contributed by atoms with Crippen molar-refractivity contribution in [3.63, 3.8) is 0 Å². The molecule has 0 radical (unpaired) electrons. The summed E-state index contributed by atoms with van der Waals surface area (Å²) in [5, 5.41) is 0. The summed E-state index contributed by atoms with van der Waals surface area (Å²) < 4.78 is 19.8. The van der Waals surface area contributed by atoms with Gasteiger partial charge in [-0.05, 0) is 68.7 Å². The first-order chi connectivity index (χ1) is 17.9. The van der Waals surface area contributed by atoms with E-state index in [0.29, 0.717) is 25.4 Å². The lowest BCUT2D eigenvalue weighted by atomic mass is 9.96. The van der Waals surface area contributed by atoms with Crippen LogP contribution in [0.3, 0.4) is 0 Å². The van der Waals surface area contributed by atoms with Crippen LogP contribution in [0.1, 0.15) is 44.1 Å². The van der Waals surface area contributed by atoms with E-state index in [1.54, 1.807) is 13.8 Å². The number of imidazole rings is 1. The fourth-order valence-electron chi connectivity index (χ4n) is 4.53. The summed E-state index contributed by atoms with van der Waals surface area (Å²) in [6.07, 6.45) is 2.36. The van der Waals surface area contributed by atoms with E-state index in [9.17, 15) is 4.79 Å². The molecule has 0 spiro atoms. The topological polar surface area (TPSA) is 62.6 Å². The Morgan fingerprint density at radius 3 is 2.41 bits per heavy atom. The number of ether oxygens (including phenoxy) is 3. The van der Waals surface area contributed by atoms with E-state index < -0.39 is 5.60 Å². The number of nitrogens with zero attached hydrogens (tertiary/aromatic N) is 2. The highest BCUT2D eigenvalue weighted by atomic mass is 16.6. The highest BCUT2D eigenvalue weighted by Crippen LogP contribution is 2.25. The van der Waals surface area contributed by atoms with Gasteiger partial charge in [0, 0.05) is 12.8 Å². The Labute approximate surface area is 219 Å². The van der Waals surface area contributed by atoms with Crippen LogP contribution < -0.4 is 9.47 Å². The van der Waals surface area contributed by atoms with Gasteiger partial charge in [-0.3, -0.25) is 0 Å². The average molecular weight is 501 g/mol. The van der Waals surface area contributed by atoms with Gasteiger partial charge in [-0.25, -0.2) is 9.78 Å². The molecule has 4 aromatic rings. The third kappa shape index (κ3) is 6.31. The number of fused-ring (bicyclic) bond motifs is 1. The maximum Gasteiger partial charge on any atom is 0.350 e. The summed E-state index contributed by atoms with van der Waals surface area (Å²) in [7, 11) is 0. The normalized spacial score (nSPS) is 12.8. The minimum Gasteiger partial charge on any atom is -0.492 e. The van der Waals surface area contributed by atoms with Crippen LogP contribution in [0.25, 0.3) is 11.0 Å². The largest absolute Gasteiger partial charge is 0.492 e. The van der Waals surface area contributed by atoms with Gasteiger partial charge in [0.1, 0.15) is 23.9 Å². The Balaban J connectivity index is 1.42. The summed E-state index contributed by atoms with van der Waals surface area (Å²) in [6, 6.07) is 23.5. The van der Waals surface area contributed by atoms with Gasteiger partial charge in [-0.15, -0.1) is 0 Å². The zero-order valence-corrected chi connectivity index (χ0v) is 22.2. The second kappa shape index (κ2) is 12.0. The van der Waals surface area contributed by atoms with E-state index in [1.165, 1.54) is 5.56 Å². The molecule has 0 N–H and O–H groups in total. The van der Waals surface area contributed by atoms with E-state index >= 15 is 0 Å². The molecule has 1 aromatic heterocycles. The Hall–Kier alpha value is -3.80. The fourth-order valence-corrected chi connectivity index (χ4v) is 4.53. The maximum absolute atomic E-state index is 12.8. The lowest BCUT2D eigenvalue weighted by Gasteiger charge is -2.28. The van der Waals surface area contributed by atoms with Gasteiger partial charge < -0.3 is 18.8 Å². The van der Waals surface area contributed by atoms with Crippen molar-refractivity contribution in [3.8, 4) is 11.5 Å². The maximum atomic E-state index is 12.8. The summed E-state index contributed by atoms with van der Waals surface area (Å²) in [4.78, 5) is 17.7. The summed E-state index contributed by atoms with van der Waals surface area (Å²) in [5.74, 6) is 2.12. The van der Waals surface area contributed by atoms with Crippen molar-refractivity contribution in [1.82, 2.24) is 9.55 Å². The molecular formula is C31H36N2O4.